The smallest absolute Gasteiger partial charge is 0.253 e. The van der Waals surface area contributed by atoms with E-state index in [0.717, 1.165) is 19.3 Å². The molecule has 1 aliphatic carbocycles. The molecule has 114 valence electrons. The molecule has 2 amide bonds. The quantitative estimate of drug-likeness (QED) is 0.843. The van der Waals surface area contributed by atoms with Crippen molar-refractivity contribution in [1.29, 1.82) is 0 Å². The van der Waals surface area contributed by atoms with E-state index in [1.807, 2.05) is 19.1 Å². The van der Waals surface area contributed by atoms with Crippen molar-refractivity contribution in [2.24, 2.45) is 5.92 Å². The molecule has 1 saturated carbocycles. The number of carbonyl (C=O) groups excluding carboxylic acids is 2. The summed E-state index contributed by atoms with van der Waals surface area (Å²) < 4.78 is 0. The molecular weight excluding hydrogens is 264 g/mol. The van der Waals surface area contributed by atoms with E-state index >= 15 is 0 Å². The maximum absolute atomic E-state index is 12.1. The fourth-order valence-corrected chi connectivity index (χ4v) is 2.80. The molecule has 4 nitrogen and oxygen atoms in total. The van der Waals surface area contributed by atoms with Crippen molar-refractivity contribution in [3.05, 3.63) is 29.8 Å². The van der Waals surface area contributed by atoms with Crippen molar-refractivity contribution < 1.29 is 9.59 Å². The van der Waals surface area contributed by atoms with Crippen LogP contribution in [0.5, 0.6) is 0 Å². The third-order valence-electron chi connectivity index (χ3n) is 3.93. The van der Waals surface area contributed by atoms with Gasteiger partial charge in [0.25, 0.3) is 5.91 Å². The van der Waals surface area contributed by atoms with E-state index in [4.69, 9.17) is 0 Å². The summed E-state index contributed by atoms with van der Waals surface area (Å²) in [6.07, 6.45) is 6.20. The first-order chi connectivity index (χ1) is 10.2. The molecule has 21 heavy (non-hydrogen) atoms. The minimum Gasteiger partial charge on any atom is -0.352 e. The lowest BCUT2D eigenvalue weighted by atomic mass is 10.0. The Hall–Kier alpha value is -1.84. The van der Waals surface area contributed by atoms with Crippen molar-refractivity contribution >= 4 is 17.5 Å². The topological polar surface area (TPSA) is 58.2 Å². The molecule has 0 aromatic heterocycles. The summed E-state index contributed by atoms with van der Waals surface area (Å²) in [6.45, 7) is 2.65. The molecular formula is C17H24N2O2. The summed E-state index contributed by atoms with van der Waals surface area (Å²) in [7, 11) is 0. The van der Waals surface area contributed by atoms with Crippen molar-refractivity contribution in [3.8, 4) is 0 Å². The number of hydrogen-bond acceptors (Lipinski definition) is 2. The molecule has 1 aromatic rings. The molecule has 1 fully saturated rings. The predicted octanol–water partition coefficient (Wildman–Crippen LogP) is 3.35. The molecule has 0 unspecified atom stereocenters. The van der Waals surface area contributed by atoms with Crippen LogP contribution in [0.2, 0.25) is 0 Å². The zero-order valence-electron chi connectivity index (χ0n) is 12.7. The number of benzene rings is 1. The normalized spacial score (nSPS) is 14.9. The van der Waals surface area contributed by atoms with Gasteiger partial charge in [-0.2, -0.15) is 0 Å². The highest BCUT2D eigenvalue weighted by Crippen LogP contribution is 2.28. The highest BCUT2D eigenvalue weighted by molar-refractivity contribution is 6.03. The van der Waals surface area contributed by atoms with E-state index < -0.39 is 0 Å². The first-order valence-corrected chi connectivity index (χ1v) is 7.87. The average Bonchev–Trinajstić information content (AvgIpc) is 2.98. The van der Waals surface area contributed by atoms with E-state index in [0.29, 0.717) is 30.1 Å². The van der Waals surface area contributed by atoms with Gasteiger partial charge in [-0.1, -0.05) is 31.9 Å². The van der Waals surface area contributed by atoms with Crippen LogP contribution in [0.1, 0.15) is 55.8 Å². The molecule has 0 atom stereocenters. The lowest BCUT2D eigenvalue weighted by molar-refractivity contribution is -0.117. The summed E-state index contributed by atoms with van der Waals surface area (Å²) in [5.41, 5.74) is 1.14. The maximum Gasteiger partial charge on any atom is 0.253 e. The van der Waals surface area contributed by atoms with Crippen LogP contribution in [-0.4, -0.2) is 18.4 Å². The molecule has 0 saturated heterocycles. The van der Waals surface area contributed by atoms with Gasteiger partial charge >= 0.3 is 0 Å². The number of amides is 2. The highest BCUT2D eigenvalue weighted by Gasteiger charge is 2.19. The Morgan fingerprint density at radius 1 is 1.19 bits per heavy atom. The Labute approximate surface area is 126 Å². The van der Waals surface area contributed by atoms with Gasteiger partial charge in [-0.15, -0.1) is 0 Å². The van der Waals surface area contributed by atoms with Gasteiger partial charge in [0, 0.05) is 13.0 Å². The van der Waals surface area contributed by atoms with E-state index in [-0.39, 0.29) is 11.8 Å². The molecule has 0 heterocycles. The van der Waals surface area contributed by atoms with Crippen LogP contribution in [0.3, 0.4) is 0 Å². The molecule has 1 aromatic carbocycles. The average molecular weight is 288 g/mol. The second-order valence-electron chi connectivity index (χ2n) is 5.70. The number of hydrogen-bond donors (Lipinski definition) is 2. The summed E-state index contributed by atoms with van der Waals surface area (Å²) >= 11 is 0. The maximum atomic E-state index is 12.1. The summed E-state index contributed by atoms with van der Waals surface area (Å²) in [5.74, 6) is 0.386. The molecule has 0 radical (unpaired) electrons. The number of anilines is 1. The minimum atomic E-state index is -0.131. The minimum absolute atomic E-state index is 0.0117. The standard InChI is InChI=1S/C17H24N2O2/c1-2-11-18-17(21)14-9-5-6-10-15(14)19-16(20)12-13-7-3-4-8-13/h5-6,9-10,13H,2-4,7-8,11-12H2,1H3,(H,18,21)(H,19,20). The number of rotatable bonds is 6. The van der Waals surface area contributed by atoms with Gasteiger partial charge < -0.3 is 10.6 Å². The van der Waals surface area contributed by atoms with Crippen LogP contribution in [0.15, 0.2) is 24.3 Å². The van der Waals surface area contributed by atoms with E-state index in [1.165, 1.54) is 12.8 Å². The van der Waals surface area contributed by atoms with Crippen molar-refractivity contribution in [2.45, 2.75) is 45.4 Å². The van der Waals surface area contributed by atoms with Crippen LogP contribution in [0.4, 0.5) is 5.69 Å². The summed E-state index contributed by atoms with van der Waals surface area (Å²) in [6, 6.07) is 7.18. The third kappa shape index (κ3) is 4.59. The SMILES string of the molecule is CCCNC(=O)c1ccccc1NC(=O)CC1CCCC1. The molecule has 1 aliphatic rings. The first-order valence-electron chi connectivity index (χ1n) is 7.87. The van der Waals surface area contributed by atoms with E-state index in [2.05, 4.69) is 10.6 Å². The van der Waals surface area contributed by atoms with Crippen molar-refractivity contribution in [2.75, 3.05) is 11.9 Å². The van der Waals surface area contributed by atoms with Crippen LogP contribution in [-0.2, 0) is 4.79 Å². The van der Waals surface area contributed by atoms with Crippen molar-refractivity contribution in [3.63, 3.8) is 0 Å². The number of nitrogens with one attached hydrogen (secondary N) is 2. The summed E-state index contributed by atoms with van der Waals surface area (Å²) in [4.78, 5) is 24.2. The molecule has 2 rings (SSSR count). The zero-order chi connectivity index (χ0) is 15.1. The third-order valence-corrected chi connectivity index (χ3v) is 3.93. The van der Waals surface area contributed by atoms with Gasteiger partial charge in [0.1, 0.15) is 0 Å². The van der Waals surface area contributed by atoms with Gasteiger partial charge in [-0.25, -0.2) is 0 Å². The van der Waals surface area contributed by atoms with Crippen LogP contribution in [0, 0.1) is 5.92 Å². The van der Waals surface area contributed by atoms with E-state index in [9.17, 15) is 9.59 Å². The monoisotopic (exact) mass is 288 g/mol. The molecule has 0 bridgehead atoms. The van der Waals surface area contributed by atoms with Crippen LogP contribution >= 0.6 is 0 Å². The van der Waals surface area contributed by atoms with Gasteiger partial charge in [0.2, 0.25) is 5.91 Å². The lowest BCUT2D eigenvalue weighted by Crippen LogP contribution is -2.26. The fourth-order valence-electron chi connectivity index (χ4n) is 2.80. The van der Waals surface area contributed by atoms with Crippen LogP contribution < -0.4 is 10.6 Å². The molecule has 0 spiro atoms. The number of carbonyl (C=O) groups is 2. The molecule has 2 N–H and O–H groups in total. The Morgan fingerprint density at radius 2 is 1.90 bits per heavy atom. The Morgan fingerprint density at radius 3 is 2.62 bits per heavy atom. The Bertz CT molecular complexity index is 493. The fraction of sp³-hybridized carbons (Fsp3) is 0.529. The second-order valence-corrected chi connectivity index (χ2v) is 5.70. The van der Waals surface area contributed by atoms with Gasteiger partial charge in [0.15, 0.2) is 0 Å². The Kier molecular flexibility index (Phi) is 5.78. The highest BCUT2D eigenvalue weighted by atomic mass is 16.2. The second kappa shape index (κ2) is 7.81. The van der Waals surface area contributed by atoms with Crippen molar-refractivity contribution in [1.82, 2.24) is 5.32 Å². The van der Waals surface area contributed by atoms with Gasteiger partial charge in [-0.3, -0.25) is 9.59 Å². The lowest BCUT2D eigenvalue weighted by Gasteiger charge is -2.13. The van der Waals surface area contributed by atoms with E-state index in [1.54, 1.807) is 12.1 Å². The van der Waals surface area contributed by atoms with Gasteiger partial charge in [-0.05, 0) is 37.3 Å². The molecule has 0 aliphatic heterocycles. The zero-order valence-corrected chi connectivity index (χ0v) is 12.7. The first kappa shape index (κ1) is 15.5. The van der Waals surface area contributed by atoms with Gasteiger partial charge in [0.05, 0.1) is 11.3 Å². The Balaban J connectivity index is 1.98. The largest absolute Gasteiger partial charge is 0.352 e. The predicted molar refractivity (Wildman–Crippen MR) is 84.3 cm³/mol. The van der Waals surface area contributed by atoms with Crippen LogP contribution in [0.25, 0.3) is 0 Å². The molecule has 4 heteroatoms. The number of para-hydroxylation sites is 1. The summed E-state index contributed by atoms with van der Waals surface area (Å²) in [5, 5.41) is 5.74.